The molecule has 1 unspecified atom stereocenters. The third-order valence-corrected chi connectivity index (χ3v) is 4.38. The molecule has 0 bridgehead atoms. The SMILES string of the molecule is Cn1cc(NC(=O)NCC2CCCN(C(=O)OCc3ccccc3)C2)nn1. The largest absolute Gasteiger partial charge is 0.445 e. The number of nitrogens with one attached hydrogen (secondary N) is 2. The smallest absolute Gasteiger partial charge is 0.410 e. The Labute approximate surface area is 157 Å². The molecule has 1 aliphatic heterocycles. The van der Waals surface area contributed by atoms with E-state index in [2.05, 4.69) is 20.9 Å². The van der Waals surface area contributed by atoms with Crippen molar-refractivity contribution in [3.8, 4) is 0 Å². The van der Waals surface area contributed by atoms with Crippen LogP contribution in [0, 0.1) is 5.92 Å². The van der Waals surface area contributed by atoms with E-state index in [4.69, 9.17) is 4.74 Å². The lowest BCUT2D eigenvalue weighted by molar-refractivity contribution is 0.0793. The number of nitrogens with zero attached hydrogens (tertiary/aromatic N) is 4. The first-order valence-electron chi connectivity index (χ1n) is 8.97. The number of piperidine rings is 1. The molecule has 2 aromatic rings. The first-order valence-corrected chi connectivity index (χ1v) is 8.97. The number of urea groups is 1. The van der Waals surface area contributed by atoms with E-state index in [0.29, 0.717) is 25.5 Å². The fourth-order valence-electron chi connectivity index (χ4n) is 3.01. The predicted molar refractivity (Wildman–Crippen MR) is 98.9 cm³/mol. The topological polar surface area (TPSA) is 101 Å². The molecule has 9 heteroatoms. The number of hydrogen-bond donors (Lipinski definition) is 2. The minimum Gasteiger partial charge on any atom is -0.445 e. The van der Waals surface area contributed by atoms with Gasteiger partial charge in [0.2, 0.25) is 0 Å². The average Bonchev–Trinajstić information content (AvgIpc) is 3.10. The molecule has 1 aliphatic rings. The van der Waals surface area contributed by atoms with Crippen molar-refractivity contribution in [1.29, 1.82) is 0 Å². The predicted octanol–water partition coefficient (Wildman–Crippen LogP) is 1.99. The van der Waals surface area contributed by atoms with E-state index < -0.39 is 0 Å². The maximum absolute atomic E-state index is 12.3. The van der Waals surface area contributed by atoms with Gasteiger partial charge in [0.05, 0.1) is 6.20 Å². The summed E-state index contributed by atoms with van der Waals surface area (Å²) in [5.41, 5.74) is 0.960. The number of aryl methyl sites for hydroxylation is 1. The number of rotatable bonds is 5. The zero-order valence-corrected chi connectivity index (χ0v) is 15.3. The molecule has 1 atom stereocenters. The van der Waals surface area contributed by atoms with Crippen molar-refractivity contribution >= 4 is 17.9 Å². The number of carbonyl (C=O) groups is 2. The lowest BCUT2D eigenvalue weighted by Gasteiger charge is -2.32. The summed E-state index contributed by atoms with van der Waals surface area (Å²) in [6, 6.07) is 9.26. The van der Waals surface area contributed by atoms with Crippen molar-refractivity contribution in [2.75, 3.05) is 25.0 Å². The highest BCUT2D eigenvalue weighted by Crippen LogP contribution is 2.17. The fourth-order valence-corrected chi connectivity index (χ4v) is 3.01. The Hall–Kier alpha value is -3.10. The molecule has 3 rings (SSSR count). The molecule has 2 N–H and O–H groups in total. The second kappa shape index (κ2) is 9.02. The summed E-state index contributed by atoms with van der Waals surface area (Å²) in [6.45, 7) is 1.99. The van der Waals surface area contributed by atoms with Gasteiger partial charge < -0.3 is 15.0 Å². The van der Waals surface area contributed by atoms with E-state index in [-0.39, 0.29) is 24.6 Å². The average molecular weight is 372 g/mol. The molecular formula is C18H24N6O3. The zero-order valence-electron chi connectivity index (χ0n) is 15.3. The van der Waals surface area contributed by atoms with E-state index >= 15 is 0 Å². The number of benzene rings is 1. The highest BCUT2D eigenvalue weighted by molar-refractivity contribution is 5.87. The van der Waals surface area contributed by atoms with Crippen molar-refractivity contribution < 1.29 is 14.3 Å². The summed E-state index contributed by atoms with van der Waals surface area (Å²) in [7, 11) is 1.73. The second-order valence-corrected chi connectivity index (χ2v) is 6.61. The summed E-state index contributed by atoms with van der Waals surface area (Å²) in [5, 5.41) is 13.0. The summed E-state index contributed by atoms with van der Waals surface area (Å²) >= 11 is 0. The molecule has 1 aromatic heterocycles. The van der Waals surface area contributed by atoms with Crippen LogP contribution < -0.4 is 10.6 Å². The number of likely N-dealkylation sites (tertiary alicyclic amines) is 1. The maximum atomic E-state index is 12.3. The number of carbonyl (C=O) groups excluding carboxylic acids is 2. The van der Waals surface area contributed by atoms with Crippen molar-refractivity contribution in [1.82, 2.24) is 25.2 Å². The van der Waals surface area contributed by atoms with Crippen LogP contribution in [-0.4, -0.2) is 51.7 Å². The summed E-state index contributed by atoms with van der Waals surface area (Å²) in [6.07, 6.45) is 3.14. The third-order valence-electron chi connectivity index (χ3n) is 4.38. The van der Waals surface area contributed by atoms with Crippen molar-refractivity contribution in [3.05, 3.63) is 42.1 Å². The lowest BCUT2D eigenvalue weighted by atomic mass is 9.98. The van der Waals surface area contributed by atoms with Gasteiger partial charge in [0, 0.05) is 26.7 Å². The molecule has 0 radical (unpaired) electrons. The Morgan fingerprint density at radius 3 is 2.85 bits per heavy atom. The summed E-state index contributed by atoms with van der Waals surface area (Å²) in [5.74, 6) is 0.584. The summed E-state index contributed by atoms with van der Waals surface area (Å²) in [4.78, 5) is 25.9. The van der Waals surface area contributed by atoms with E-state index in [1.165, 1.54) is 4.68 Å². The van der Waals surface area contributed by atoms with E-state index in [1.54, 1.807) is 18.1 Å². The molecular weight excluding hydrogens is 348 g/mol. The van der Waals surface area contributed by atoms with Gasteiger partial charge in [-0.25, -0.2) is 9.59 Å². The highest BCUT2D eigenvalue weighted by atomic mass is 16.6. The number of anilines is 1. The van der Waals surface area contributed by atoms with Gasteiger partial charge in [-0.1, -0.05) is 35.5 Å². The fraction of sp³-hybridized carbons (Fsp3) is 0.444. The molecule has 3 amide bonds. The zero-order chi connectivity index (χ0) is 19.1. The molecule has 2 heterocycles. The first-order chi connectivity index (χ1) is 13.1. The molecule has 0 spiro atoms. The minimum absolute atomic E-state index is 0.190. The lowest BCUT2D eigenvalue weighted by Crippen LogP contribution is -2.44. The van der Waals surface area contributed by atoms with Crippen LogP contribution in [0.25, 0.3) is 0 Å². The molecule has 0 aliphatic carbocycles. The number of aromatic nitrogens is 3. The van der Waals surface area contributed by atoms with Crippen molar-refractivity contribution in [3.63, 3.8) is 0 Å². The summed E-state index contributed by atoms with van der Waals surface area (Å²) < 4.78 is 6.90. The van der Waals surface area contributed by atoms with Crippen LogP contribution in [0.1, 0.15) is 18.4 Å². The van der Waals surface area contributed by atoms with E-state index in [9.17, 15) is 9.59 Å². The number of ether oxygens (including phenoxy) is 1. The van der Waals surface area contributed by atoms with Crippen LogP contribution in [0.2, 0.25) is 0 Å². The number of hydrogen-bond acceptors (Lipinski definition) is 5. The van der Waals surface area contributed by atoms with E-state index in [1.807, 2.05) is 30.3 Å². The molecule has 1 aromatic carbocycles. The van der Waals surface area contributed by atoms with Crippen LogP contribution in [0.4, 0.5) is 15.4 Å². The molecule has 0 saturated carbocycles. The van der Waals surface area contributed by atoms with Crippen molar-refractivity contribution in [2.45, 2.75) is 19.4 Å². The van der Waals surface area contributed by atoms with Gasteiger partial charge in [0.15, 0.2) is 5.82 Å². The van der Waals surface area contributed by atoms with E-state index in [0.717, 1.165) is 18.4 Å². The standard InChI is InChI=1S/C18H24N6O3/c1-23-12-16(21-22-23)20-17(25)19-10-15-8-5-9-24(11-15)18(26)27-13-14-6-3-2-4-7-14/h2-4,6-7,12,15H,5,8-11,13H2,1H3,(H2,19,20,25). The van der Waals surface area contributed by atoms with Crippen LogP contribution in [0.5, 0.6) is 0 Å². The highest BCUT2D eigenvalue weighted by Gasteiger charge is 2.25. The molecule has 144 valence electrons. The van der Waals surface area contributed by atoms with Crippen LogP contribution in [0.15, 0.2) is 36.5 Å². The Bertz CT molecular complexity index is 763. The first kappa shape index (κ1) is 18.7. The van der Waals surface area contributed by atoms with Gasteiger partial charge in [-0.05, 0) is 24.3 Å². The molecule has 1 saturated heterocycles. The normalized spacial score (nSPS) is 16.6. The Balaban J connectivity index is 1.40. The Morgan fingerprint density at radius 2 is 2.11 bits per heavy atom. The Kier molecular flexibility index (Phi) is 6.24. The minimum atomic E-state index is -0.334. The monoisotopic (exact) mass is 372 g/mol. The van der Waals surface area contributed by atoms with Gasteiger partial charge in [-0.2, -0.15) is 0 Å². The van der Waals surface area contributed by atoms with Gasteiger partial charge in [-0.3, -0.25) is 10.00 Å². The Morgan fingerprint density at radius 1 is 1.30 bits per heavy atom. The van der Waals surface area contributed by atoms with Gasteiger partial charge >= 0.3 is 12.1 Å². The van der Waals surface area contributed by atoms with Gasteiger partial charge in [-0.15, -0.1) is 5.10 Å². The quantitative estimate of drug-likeness (QED) is 0.836. The molecule has 27 heavy (non-hydrogen) atoms. The van der Waals surface area contributed by atoms with Gasteiger partial charge in [0.25, 0.3) is 0 Å². The third kappa shape index (κ3) is 5.70. The number of amides is 3. The van der Waals surface area contributed by atoms with Crippen LogP contribution in [0.3, 0.4) is 0 Å². The van der Waals surface area contributed by atoms with Crippen LogP contribution >= 0.6 is 0 Å². The maximum Gasteiger partial charge on any atom is 0.410 e. The molecule has 9 nitrogen and oxygen atoms in total. The molecule has 1 fully saturated rings. The van der Waals surface area contributed by atoms with Crippen LogP contribution in [-0.2, 0) is 18.4 Å². The van der Waals surface area contributed by atoms with Crippen molar-refractivity contribution in [2.24, 2.45) is 13.0 Å². The van der Waals surface area contributed by atoms with Gasteiger partial charge in [0.1, 0.15) is 6.61 Å². The second-order valence-electron chi connectivity index (χ2n) is 6.61.